The van der Waals surface area contributed by atoms with E-state index in [1.807, 2.05) is 50.2 Å². The van der Waals surface area contributed by atoms with Gasteiger partial charge in [-0.05, 0) is 33.1 Å². The van der Waals surface area contributed by atoms with Crippen molar-refractivity contribution in [2.45, 2.75) is 40.1 Å². The molecule has 0 saturated heterocycles. The fraction of sp³-hybridized carbons (Fsp3) is 0.444. The summed E-state index contributed by atoms with van der Waals surface area (Å²) in [5, 5.41) is 10.2. The lowest BCUT2D eigenvalue weighted by atomic mass is 10.0. The highest BCUT2D eigenvalue weighted by atomic mass is 16.7. The first-order valence-corrected chi connectivity index (χ1v) is 7.69. The molecule has 0 atom stereocenters. The first-order chi connectivity index (χ1) is 10.5. The number of fused-ring (bicyclic) bond motifs is 1. The maximum Gasteiger partial charge on any atom is 0.185 e. The van der Waals surface area contributed by atoms with Gasteiger partial charge < -0.3 is 20.3 Å². The van der Waals surface area contributed by atoms with E-state index in [9.17, 15) is 0 Å². The molecular formula is C18H27NO3. The lowest BCUT2D eigenvalue weighted by molar-refractivity contribution is -0.139. The number of hydrogen-bond donors (Lipinski definition) is 2. The van der Waals surface area contributed by atoms with Gasteiger partial charge in [0.2, 0.25) is 0 Å². The first kappa shape index (κ1) is 18.4. The molecule has 0 amide bonds. The van der Waals surface area contributed by atoms with Crippen molar-refractivity contribution < 1.29 is 14.6 Å². The Morgan fingerprint density at radius 2 is 1.55 bits per heavy atom. The van der Waals surface area contributed by atoms with Gasteiger partial charge in [0.05, 0.1) is 0 Å². The Kier molecular flexibility index (Phi) is 7.88. The average molecular weight is 305 g/mol. The third kappa shape index (κ3) is 5.30. The molecule has 0 aromatic heterocycles. The van der Waals surface area contributed by atoms with Crippen molar-refractivity contribution in [3.05, 3.63) is 42.0 Å². The molecule has 0 aliphatic heterocycles. The molecule has 122 valence electrons. The molecule has 0 saturated carbocycles. The van der Waals surface area contributed by atoms with Gasteiger partial charge in [-0.2, -0.15) is 0 Å². The van der Waals surface area contributed by atoms with Gasteiger partial charge >= 0.3 is 0 Å². The van der Waals surface area contributed by atoms with E-state index in [2.05, 4.69) is 0 Å². The van der Waals surface area contributed by atoms with E-state index in [-0.39, 0.29) is 12.4 Å². The van der Waals surface area contributed by atoms with E-state index in [1.165, 1.54) is 0 Å². The number of rotatable bonds is 5. The summed E-state index contributed by atoms with van der Waals surface area (Å²) in [6.07, 6.45) is -0.551. The summed E-state index contributed by atoms with van der Waals surface area (Å²) in [4.78, 5) is 0. The number of nitrogen functional groups attached to an aromatic ring is 1. The maximum atomic E-state index is 8.06. The van der Waals surface area contributed by atoms with Crippen LogP contribution < -0.4 is 5.73 Å². The smallest absolute Gasteiger partial charge is 0.185 e. The molecule has 0 radical (unpaired) electrons. The molecule has 0 aliphatic rings. The molecule has 22 heavy (non-hydrogen) atoms. The third-order valence-electron chi connectivity index (χ3n) is 2.89. The number of hydrogen-bond acceptors (Lipinski definition) is 4. The second-order valence-electron chi connectivity index (χ2n) is 5.13. The normalized spacial score (nSPS) is 10.9. The molecule has 0 bridgehead atoms. The number of aliphatic hydroxyl groups is 1. The number of anilines is 1. The van der Waals surface area contributed by atoms with Crippen LogP contribution in [-0.2, 0) is 9.47 Å². The SMILES string of the molecule is CC(C)O.CCOC(OCC)c1ccc2ccccc2c1N. The summed E-state index contributed by atoms with van der Waals surface area (Å²) in [6.45, 7) is 8.53. The predicted octanol–water partition coefficient (Wildman–Crippen LogP) is 3.88. The van der Waals surface area contributed by atoms with Gasteiger partial charge in [-0.3, -0.25) is 0 Å². The second kappa shape index (κ2) is 9.41. The lowest BCUT2D eigenvalue weighted by Gasteiger charge is -2.19. The average Bonchev–Trinajstić information content (AvgIpc) is 2.47. The fourth-order valence-electron chi connectivity index (χ4n) is 2.05. The summed E-state index contributed by atoms with van der Waals surface area (Å²) >= 11 is 0. The van der Waals surface area contributed by atoms with E-state index in [4.69, 9.17) is 20.3 Å². The van der Waals surface area contributed by atoms with E-state index >= 15 is 0 Å². The molecule has 2 aromatic rings. The standard InChI is InChI=1S/C15H19NO2.C3H8O/c1-3-17-15(18-4-2)13-10-9-11-7-5-6-8-12(11)14(13)16;1-3(2)4/h5-10,15H,3-4,16H2,1-2H3;3-4H,1-2H3. The maximum absolute atomic E-state index is 8.06. The first-order valence-electron chi connectivity index (χ1n) is 7.69. The summed E-state index contributed by atoms with van der Waals surface area (Å²) in [5.41, 5.74) is 7.86. The summed E-state index contributed by atoms with van der Waals surface area (Å²) in [5.74, 6) is 0. The lowest BCUT2D eigenvalue weighted by Crippen LogP contribution is -2.11. The van der Waals surface area contributed by atoms with Gasteiger partial charge in [0.25, 0.3) is 0 Å². The van der Waals surface area contributed by atoms with Crippen LogP contribution in [0.2, 0.25) is 0 Å². The summed E-state index contributed by atoms with van der Waals surface area (Å²) in [6, 6.07) is 12.1. The minimum Gasteiger partial charge on any atom is -0.398 e. The van der Waals surface area contributed by atoms with Crippen molar-refractivity contribution in [1.82, 2.24) is 0 Å². The molecule has 2 aromatic carbocycles. The van der Waals surface area contributed by atoms with Crippen LogP contribution in [0.3, 0.4) is 0 Å². The van der Waals surface area contributed by atoms with Gasteiger partial charge in [-0.25, -0.2) is 0 Å². The quantitative estimate of drug-likeness (QED) is 0.650. The molecule has 0 fully saturated rings. The van der Waals surface area contributed by atoms with E-state index < -0.39 is 0 Å². The number of benzene rings is 2. The highest BCUT2D eigenvalue weighted by Crippen LogP contribution is 2.31. The van der Waals surface area contributed by atoms with E-state index in [0.717, 1.165) is 22.0 Å². The van der Waals surface area contributed by atoms with Crippen LogP contribution >= 0.6 is 0 Å². The van der Waals surface area contributed by atoms with Crippen LogP contribution in [0.25, 0.3) is 10.8 Å². The Balaban J connectivity index is 0.000000541. The Hall–Kier alpha value is -1.62. The Morgan fingerprint density at radius 1 is 1.00 bits per heavy atom. The largest absolute Gasteiger partial charge is 0.398 e. The van der Waals surface area contributed by atoms with Crippen molar-refractivity contribution in [1.29, 1.82) is 0 Å². The minimum absolute atomic E-state index is 0.167. The fourth-order valence-corrected chi connectivity index (χ4v) is 2.05. The highest BCUT2D eigenvalue weighted by molar-refractivity contribution is 5.94. The van der Waals surface area contributed by atoms with Crippen molar-refractivity contribution in [2.75, 3.05) is 18.9 Å². The molecular weight excluding hydrogens is 278 g/mol. The Labute approximate surface area is 132 Å². The van der Waals surface area contributed by atoms with Crippen molar-refractivity contribution in [3.8, 4) is 0 Å². The second-order valence-corrected chi connectivity index (χ2v) is 5.13. The topological polar surface area (TPSA) is 64.7 Å². The molecule has 2 rings (SSSR count). The van der Waals surface area contributed by atoms with Crippen molar-refractivity contribution in [2.24, 2.45) is 0 Å². The zero-order chi connectivity index (χ0) is 16.5. The molecule has 0 unspecified atom stereocenters. The van der Waals surface area contributed by atoms with Crippen LogP contribution in [0.15, 0.2) is 36.4 Å². The molecule has 4 heteroatoms. The molecule has 0 spiro atoms. The predicted molar refractivity (Wildman–Crippen MR) is 91.7 cm³/mol. The number of nitrogens with two attached hydrogens (primary N) is 1. The van der Waals surface area contributed by atoms with Crippen LogP contribution in [-0.4, -0.2) is 24.4 Å². The van der Waals surface area contributed by atoms with E-state index in [0.29, 0.717) is 13.2 Å². The van der Waals surface area contributed by atoms with Crippen LogP contribution in [0.5, 0.6) is 0 Å². The van der Waals surface area contributed by atoms with Gasteiger partial charge in [-0.15, -0.1) is 0 Å². The molecule has 0 aliphatic carbocycles. The zero-order valence-corrected chi connectivity index (χ0v) is 13.9. The van der Waals surface area contributed by atoms with Gasteiger partial charge in [0.1, 0.15) is 0 Å². The van der Waals surface area contributed by atoms with Gasteiger partial charge in [-0.1, -0.05) is 36.4 Å². The number of aliphatic hydroxyl groups excluding tert-OH is 1. The molecule has 4 nitrogen and oxygen atoms in total. The van der Waals surface area contributed by atoms with Crippen LogP contribution in [0.4, 0.5) is 5.69 Å². The third-order valence-corrected chi connectivity index (χ3v) is 2.89. The van der Waals surface area contributed by atoms with Crippen molar-refractivity contribution in [3.63, 3.8) is 0 Å². The van der Waals surface area contributed by atoms with Crippen molar-refractivity contribution >= 4 is 16.5 Å². The zero-order valence-electron chi connectivity index (χ0n) is 13.9. The molecule has 3 N–H and O–H groups in total. The highest BCUT2D eigenvalue weighted by Gasteiger charge is 2.15. The minimum atomic E-state index is -0.385. The summed E-state index contributed by atoms with van der Waals surface area (Å²) in [7, 11) is 0. The van der Waals surface area contributed by atoms with E-state index in [1.54, 1.807) is 13.8 Å². The molecule has 0 heterocycles. The Morgan fingerprint density at radius 3 is 2.09 bits per heavy atom. The summed E-state index contributed by atoms with van der Waals surface area (Å²) < 4.78 is 11.2. The Bertz CT molecular complexity index is 561. The van der Waals surface area contributed by atoms with Crippen LogP contribution in [0, 0.1) is 0 Å². The van der Waals surface area contributed by atoms with Gasteiger partial charge in [0, 0.05) is 36.0 Å². The van der Waals surface area contributed by atoms with Gasteiger partial charge in [0.15, 0.2) is 6.29 Å². The number of ether oxygens (including phenoxy) is 2. The van der Waals surface area contributed by atoms with Crippen LogP contribution in [0.1, 0.15) is 39.5 Å². The monoisotopic (exact) mass is 305 g/mol.